The van der Waals surface area contributed by atoms with Crippen LogP contribution < -0.4 is 10.9 Å². The Hall–Kier alpha value is -1.46. The number of hydrazone groups is 2. The minimum Gasteiger partial charge on any atom is -0.272 e. The monoisotopic (exact) mass is 374 g/mol. The second-order valence-corrected chi connectivity index (χ2v) is 8.02. The quantitative estimate of drug-likeness (QED) is 0.408. The highest BCUT2D eigenvalue weighted by Crippen LogP contribution is 2.28. The van der Waals surface area contributed by atoms with E-state index in [1.807, 2.05) is 0 Å². The first-order chi connectivity index (χ1) is 10.9. The summed E-state index contributed by atoms with van der Waals surface area (Å²) in [6, 6.07) is 0. The molecule has 2 N–H and O–H groups in total. The van der Waals surface area contributed by atoms with E-state index in [9.17, 15) is 9.59 Å². The molecule has 1 aromatic heterocycles. The van der Waals surface area contributed by atoms with Crippen LogP contribution in [0.3, 0.4) is 0 Å². The van der Waals surface area contributed by atoms with Crippen LogP contribution in [0.2, 0.25) is 0 Å². The zero-order valence-electron chi connectivity index (χ0n) is 13.2. The van der Waals surface area contributed by atoms with Gasteiger partial charge in [0.15, 0.2) is 8.68 Å². The molecule has 0 aliphatic rings. The van der Waals surface area contributed by atoms with Gasteiger partial charge < -0.3 is 0 Å². The average molecular weight is 375 g/mol. The second kappa shape index (κ2) is 10.3. The van der Waals surface area contributed by atoms with Gasteiger partial charge in [0.25, 0.3) is 11.8 Å². The van der Waals surface area contributed by atoms with Crippen LogP contribution in [0.5, 0.6) is 0 Å². The molecule has 0 saturated heterocycles. The summed E-state index contributed by atoms with van der Waals surface area (Å²) in [5.74, 6) is 0.0165. The second-order valence-electron chi connectivity index (χ2n) is 4.60. The fourth-order valence-corrected chi connectivity index (χ4v) is 3.59. The number of nitrogens with zero attached hydrogens (tertiary/aromatic N) is 4. The number of amides is 2. The number of carbonyl (C=O) groups excluding carboxylic acids is 2. The summed E-state index contributed by atoms with van der Waals surface area (Å²) >= 11 is 3.89. The lowest BCUT2D eigenvalue weighted by Gasteiger charge is -1.98. The highest BCUT2D eigenvalue weighted by atomic mass is 32.2. The largest absolute Gasteiger partial charge is 0.272 e. The number of nitrogens with one attached hydrogen (secondary N) is 2. The van der Waals surface area contributed by atoms with Crippen LogP contribution >= 0.6 is 34.9 Å². The van der Waals surface area contributed by atoms with Gasteiger partial charge in [-0.1, -0.05) is 34.9 Å². The molecule has 0 bridgehead atoms. The van der Waals surface area contributed by atoms with E-state index < -0.39 is 0 Å². The van der Waals surface area contributed by atoms with Crippen molar-refractivity contribution in [1.29, 1.82) is 0 Å². The van der Waals surface area contributed by atoms with Gasteiger partial charge in [-0.2, -0.15) is 10.2 Å². The van der Waals surface area contributed by atoms with E-state index in [0.29, 0.717) is 8.68 Å². The molecule has 2 amide bonds. The molecule has 0 radical (unpaired) electrons. The van der Waals surface area contributed by atoms with Crippen molar-refractivity contribution in [2.75, 3.05) is 11.5 Å². The van der Waals surface area contributed by atoms with Crippen molar-refractivity contribution < 1.29 is 9.59 Å². The number of thioether (sulfide) groups is 2. The van der Waals surface area contributed by atoms with Crippen LogP contribution in [0.4, 0.5) is 0 Å². The van der Waals surface area contributed by atoms with Crippen LogP contribution in [-0.2, 0) is 9.59 Å². The highest BCUT2D eigenvalue weighted by Gasteiger charge is 2.10. The van der Waals surface area contributed by atoms with Crippen molar-refractivity contribution in [3.05, 3.63) is 0 Å². The minimum absolute atomic E-state index is 0.201. The lowest BCUT2D eigenvalue weighted by atomic mass is 10.5. The fraction of sp³-hybridized carbons (Fsp3) is 0.500. The van der Waals surface area contributed by atoms with E-state index in [2.05, 4.69) is 31.3 Å². The van der Waals surface area contributed by atoms with Crippen LogP contribution in [-0.4, -0.2) is 44.9 Å². The van der Waals surface area contributed by atoms with Crippen molar-refractivity contribution in [3.8, 4) is 0 Å². The summed E-state index contributed by atoms with van der Waals surface area (Å²) in [5.41, 5.74) is 6.43. The molecule has 1 aromatic rings. The zero-order valence-corrected chi connectivity index (χ0v) is 15.7. The molecule has 0 saturated carbocycles. The van der Waals surface area contributed by atoms with Gasteiger partial charge in [0, 0.05) is 11.4 Å². The van der Waals surface area contributed by atoms with Crippen molar-refractivity contribution in [1.82, 2.24) is 21.0 Å². The maximum atomic E-state index is 11.5. The third kappa shape index (κ3) is 9.31. The Bertz CT molecular complexity index is 555. The number of rotatable bonds is 8. The van der Waals surface area contributed by atoms with Gasteiger partial charge in [-0.15, -0.1) is 10.2 Å². The first-order valence-electron chi connectivity index (χ1n) is 6.55. The molecule has 0 spiro atoms. The van der Waals surface area contributed by atoms with Gasteiger partial charge in [0.1, 0.15) is 0 Å². The smallest absolute Gasteiger partial charge is 0.250 e. The van der Waals surface area contributed by atoms with Crippen LogP contribution in [0.1, 0.15) is 27.7 Å². The first-order valence-corrected chi connectivity index (χ1v) is 9.34. The van der Waals surface area contributed by atoms with Gasteiger partial charge in [0.05, 0.1) is 11.5 Å². The molecule has 23 heavy (non-hydrogen) atoms. The summed E-state index contributed by atoms with van der Waals surface area (Å²) in [4.78, 5) is 23.0. The molecule has 1 rings (SSSR count). The van der Waals surface area contributed by atoms with E-state index in [-0.39, 0.29) is 23.3 Å². The lowest BCUT2D eigenvalue weighted by Crippen LogP contribution is -2.20. The third-order valence-corrected chi connectivity index (χ3v) is 5.04. The van der Waals surface area contributed by atoms with Gasteiger partial charge in [-0.3, -0.25) is 9.59 Å². The third-order valence-electron chi connectivity index (χ3n) is 1.85. The first kappa shape index (κ1) is 19.6. The molecule has 0 aliphatic heterocycles. The molecule has 11 heteroatoms. The van der Waals surface area contributed by atoms with E-state index in [1.54, 1.807) is 27.7 Å². The minimum atomic E-state index is -0.201. The zero-order chi connectivity index (χ0) is 17.2. The Morgan fingerprint density at radius 1 is 0.913 bits per heavy atom. The predicted molar refractivity (Wildman–Crippen MR) is 95.2 cm³/mol. The summed E-state index contributed by atoms with van der Waals surface area (Å²) in [7, 11) is 0. The molecule has 1 heterocycles. The molecule has 0 aliphatic carbocycles. The van der Waals surface area contributed by atoms with Crippen LogP contribution in [0.25, 0.3) is 0 Å². The van der Waals surface area contributed by atoms with E-state index in [0.717, 1.165) is 11.4 Å². The Kier molecular flexibility index (Phi) is 8.81. The Labute approximate surface area is 147 Å². The molecule has 0 atom stereocenters. The maximum absolute atomic E-state index is 11.5. The van der Waals surface area contributed by atoms with Crippen LogP contribution in [0.15, 0.2) is 18.9 Å². The van der Waals surface area contributed by atoms with Crippen LogP contribution in [0, 0.1) is 0 Å². The topological polar surface area (TPSA) is 109 Å². The highest BCUT2D eigenvalue weighted by molar-refractivity contribution is 8.03. The van der Waals surface area contributed by atoms with Gasteiger partial charge in [-0.25, -0.2) is 10.9 Å². The Morgan fingerprint density at radius 3 is 1.65 bits per heavy atom. The average Bonchev–Trinajstić information content (AvgIpc) is 2.94. The number of carbonyl (C=O) groups is 2. The molecule has 8 nitrogen and oxygen atoms in total. The number of aromatic nitrogens is 2. The Balaban J connectivity index is 2.34. The number of hydrogen-bond acceptors (Lipinski definition) is 9. The summed E-state index contributed by atoms with van der Waals surface area (Å²) in [6.45, 7) is 7.19. The van der Waals surface area contributed by atoms with Gasteiger partial charge in [-0.05, 0) is 27.7 Å². The van der Waals surface area contributed by atoms with E-state index >= 15 is 0 Å². The van der Waals surface area contributed by atoms with E-state index in [1.165, 1.54) is 34.9 Å². The van der Waals surface area contributed by atoms with Crippen molar-refractivity contribution in [3.63, 3.8) is 0 Å². The summed E-state index contributed by atoms with van der Waals surface area (Å²) in [5, 5.41) is 15.6. The Morgan fingerprint density at radius 2 is 1.30 bits per heavy atom. The molecular weight excluding hydrogens is 356 g/mol. The summed E-state index contributed by atoms with van der Waals surface area (Å²) < 4.78 is 1.34. The lowest BCUT2D eigenvalue weighted by molar-refractivity contribution is -0.119. The predicted octanol–water partition coefficient (Wildman–Crippen LogP) is 1.75. The fourth-order valence-electron chi connectivity index (χ4n) is 0.981. The number of hydrogen-bond donors (Lipinski definition) is 2. The molecule has 0 fully saturated rings. The van der Waals surface area contributed by atoms with E-state index in [4.69, 9.17) is 0 Å². The van der Waals surface area contributed by atoms with Gasteiger partial charge in [0.2, 0.25) is 0 Å². The van der Waals surface area contributed by atoms with Gasteiger partial charge >= 0.3 is 0 Å². The normalized spacial score (nSPS) is 9.91. The molecule has 126 valence electrons. The standard InChI is InChI=1S/C12H18N6O2S3/c1-7(2)13-15-9(19)5-21-11-17-18-12(23-11)22-6-10(20)16-14-8(3)4/h5-6H2,1-4H3,(H,15,19)(H,16,20). The van der Waals surface area contributed by atoms with Crippen molar-refractivity contribution >= 4 is 58.1 Å². The van der Waals surface area contributed by atoms with Crippen molar-refractivity contribution in [2.45, 2.75) is 36.4 Å². The SMILES string of the molecule is CC(C)=NNC(=O)CSc1nnc(SCC(=O)NN=C(C)C)s1. The molecular formula is C12H18N6O2S3. The molecule has 0 aromatic carbocycles. The molecule has 0 unspecified atom stereocenters. The van der Waals surface area contributed by atoms with Crippen molar-refractivity contribution in [2.24, 2.45) is 10.2 Å². The summed E-state index contributed by atoms with van der Waals surface area (Å²) in [6.07, 6.45) is 0. The maximum Gasteiger partial charge on any atom is 0.250 e.